The van der Waals surface area contributed by atoms with Crippen LogP contribution in [0, 0.1) is 5.92 Å². The number of anilines is 1. The molecule has 0 bridgehead atoms. The van der Waals surface area contributed by atoms with Crippen LogP contribution in [-0.4, -0.2) is 31.4 Å². The maximum Gasteiger partial charge on any atom is 0.573 e. The molecule has 1 aromatic rings. The average molecular weight is 372 g/mol. The van der Waals surface area contributed by atoms with Gasteiger partial charge in [0.15, 0.2) is 0 Å². The molecule has 8 heteroatoms. The Kier molecular flexibility index (Phi) is 7.56. The van der Waals surface area contributed by atoms with Gasteiger partial charge in [-0.25, -0.2) is 0 Å². The Bertz CT molecular complexity index is 558. The lowest BCUT2D eigenvalue weighted by molar-refractivity contribution is -0.274. The zero-order valence-electron chi connectivity index (χ0n) is 14.6. The highest BCUT2D eigenvalue weighted by atomic mass is 19.4. The van der Waals surface area contributed by atoms with Gasteiger partial charge in [-0.1, -0.05) is 44.6 Å². The van der Waals surface area contributed by atoms with Crippen LogP contribution in [0.15, 0.2) is 24.3 Å². The van der Waals surface area contributed by atoms with Crippen molar-refractivity contribution in [3.8, 4) is 5.75 Å². The van der Waals surface area contributed by atoms with Gasteiger partial charge < -0.3 is 21.1 Å². The third kappa shape index (κ3) is 7.51. The van der Waals surface area contributed by atoms with Gasteiger partial charge in [-0.3, -0.25) is 4.79 Å². The summed E-state index contributed by atoms with van der Waals surface area (Å²) in [5, 5.41) is 5.72. The topological polar surface area (TPSA) is 74.2 Å². The van der Waals surface area contributed by atoms with Gasteiger partial charge in [0.2, 0.25) is 5.91 Å². The number of nitrogens with one attached hydrogen (secondary N) is 3. The van der Waals surface area contributed by atoms with E-state index in [2.05, 4.69) is 15.4 Å². The molecular weight excluding hydrogens is 347 g/mol. The maximum absolute atomic E-state index is 12.1. The summed E-state index contributed by atoms with van der Waals surface area (Å²) in [5.74, 6) is -0.0741. The molecule has 1 aromatic carbocycles. The lowest BCUT2D eigenvalue weighted by Gasteiger charge is -2.28. The van der Waals surface area contributed by atoms with Crippen molar-refractivity contribution >= 4 is 11.6 Å². The molecule has 1 aliphatic rings. The number of benzene rings is 1. The van der Waals surface area contributed by atoms with Crippen molar-refractivity contribution in [1.29, 1.82) is 0 Å². The molecule has 1 saturated carbocycles. The van der Waals surface area contributed by atoms with Crippen LogP contribution in [0.25, 0.3) is 5.73 Å². The molecule has 1 fully saturated rings. The van der Waals surface area contributed by atoms with Crippen LogP contribution in [0.3, 0.4) is 0 Å². The fourth-order valence-corrected chi connectivity index (χ4v) is 3.15. The van der Waals surface area contributed by atoms with E-state index in [9.17, 15) is 18.0 Å². The molecule has 0 heterocycles. The van der Waals surface area contributed by atoms with E-state index in [4.69, 9.17) is 5.73 Å². The number of halogens is 3. The summed E-state index contributed by atoms with van der Waals surface area (Å²) in [5.41, 5.74) is 8.59. The summed E-state index contributed by atoms with van der Waals surface area (Å²) >= 11 is 0. The van der Waals surface area contributed by atoms with Gasteiger partial charge in [-0.2, -0.15) is 0 Å². The van der Waals surface area contributed by atoms with E-state index in [1.54, 1.807) is 0 Å². The van der Waals surface area contributed by atoms with E-state index < -0.39 is 12.4 Å². The van der Waals surface area contributed by atoms with Crippen LogP contribution in [0.5, 0.6) is 5.75 Å². The van der Waals surface area contributed by atoms with Crippen LogP contribution >= 0.6 is 0 Å². The zero-order chi connectivity index (χ0) is 19.0. The van der Waals surface area contributed by atoms with Crippen LogP contribution in [0.1, 0.15) is 38.5 Å². The highest BCUT2D eigenvalue weighted by molar-refractivity contribution is 5.83. The minimum absolute atomic E-state index is 0.272. The van der Waals surface area contributed by atoms with Crippen molar-refractivity contribution in [2.45, 2.75) is 50.9 Å². The monoisotopic (exact) mass is 372 g/mol. The van der Waals surface area contributed by atoms with Crippen molar-refractivity contribution in [2.24, 2.45) is 5.92 Å². The van der Waals surface area contributed by atoms with Crippen molar-refractivity contribution in [2.75, 3.05) is 18.4 Å². The molecule has 5 nitrogen and oxygen atoms in total. The van der Waals surface area contributed by atoms with E-state index in [0.29, 0.717) is 31.1 Å². The first-order valence-electron chi connectivity index (χ1n) is 8.92. The number of ether oxygens (including phenoxy) is 1. The predicted octanol–water partition coefficient (Wildman–Crippen LogP) is 4.50. The summed E-state index contributed by atoms with van der Waals surface area (Å²) < 4.78 is 40.1. The summed E-state index contributed by atoms with van der Waals surface area (Å²) in [6.45, 7) is 0.765. The summed E-state index contributed by atoms with van der Waals surface area (Å²) in [6, 6.07) is 4.65. The van der Waals surface area contributed by atoms with E-state index in [1.165, 1.54) is 43.5 Å². The fourth-order valence-electron chi connectivity index (χ4n) is 3.15. The Labute approximate surface area is 151 Å². The van der Waals surface area contributed by atoms with E-state index >= 15 is 0 Å². The minimum atomic E-state index is -4.70. The molecule has 1 atom stereocenters. The number of carbonyl (C=O) groups excluding carboxylic acids is 1. The second kappa shape index (κ2) is 9.66. The number of alkyl halides is 3. The van der Waals surface area contributed by atoms with E-state index in [-0.39, 0.29) is 11.7 Å². The first-order valence-corrected chi connectivity index (χ1v) is 8.92. The van der Waals surface area contributed by atoms with Crippen LogP contribution < -0.4 is 15.4 Å². The number of hydrogen-bond acceptors (Lipinski definition) is 3. The minimum Gasteiger partial charge on any atom is -0.667 e. The molecule has 146 valence electrons. The molecule has 0 aromatic heterocycles. The average Bonchev–Trinajstić information content (AvgIpc) is 2.59. The molecule has 2 rings (SSSR count). The Morgan fingerprint density at radius 1 is 1.15 bits per heavy atom. The summed E-state index contributed by atoms with van der Waals surface area (Å²) in [4.78, 5) is 12.0. The molecule has 1 amide bonds. The molecule has 0 spiro atoms. The first kappa shape index (κ1) is 20.4. The Balaban J connectivity index is 1.63. The quantitative estimate of drug-likeness (QED) is 0.660. The van der Waals surface area contributed by atoms with Gasteiger partial charge in [-0.15, -0.1) is 13.2 Å². The number of carbonyl (C=O) groups is 1. The van der Waals surface area contributed by atoms with Gasteiger partial charge in [0.25, 0.3) is 0 Å². The molecule has 1 unspecified atom stereocenters. The second-order valence-electron chi connectivity index (χ2n) is 6.58. The SMILES string of the molecule is [NH-]C(CC1CCCCC1)C(=O)NCCNc1ccc(OC(F)(F)F)cc1. The third-order valence-corrected chi connectivity index (χ3v) is 4.45. The molecular formula is C18H25F3N3O2-. The van der Waals surface area contributed by atoms with Gasteiger partial charge in [0, 0.05) is 18.8 Å². The Hall–Kier alpha value is -1.96. The van der Waals surface area contributed by atoms with E-state index in [0.717, 1.165) is 12.8 Å². The maximum atomic E-state index is 12.1. The molecule has 3 N–H and O–H groups in total. The molecule has 0 radical (unpaired) electrons. The Morgan fingerprint density at radius 2 is 1.81 bits per heavy atom. The lowest BCUT2D eigenvalue weighted by atomic mass is 9.85. The lowest BCUT2D eigenvalue weighted by Crippen LogP contribution is -2.36. The highest BCUT2D eigenvalue weighted by Crippen LogP contribution is 2.28. The summed E-state index contributed by atoms with van der Waals surface area (Å²) in [7, 11) is 0. The zero-order valence-corrected chi connectivity index (χ0v) is 14.6. The van der Waals surface area contributed by atoms with Gasteiger partial charge in [0.1, 0.15) is 5.75 Å². The van der Waals surface area contributed by atoms with Crippen LogP contribution in [0.4, 0.5) is 18.9 Å². The third-order valence-electron chi connectivity index (χ3n) is 4.45. The first-order chi connectivity index (χ1) is 12.3. The molecule has 0 saturated heterocycles. The fraction of sp³-hybridized carbons (Fsp3) is 0.611. The molecule has 26 heavy (non-hydrogen) atoms. The van der Waals surface area contributed by atoms with E-state index in [1.807, 2.05) is 0 Å². The largest absolute Gasteiger partial charge is 0.667 e. The Morgan fingerprint density at radius 3 is 2.42 bits per heavy atom. The standard InChI is InChI=1S/C18H25F3N3O2/c19-18(20,21)26-15-8-6-14(7-9-15)23-10-11-24-17(25)16(22)12-13-4-2-1-3-5-13/h6-9,13,16,22-23H,1-5,10-12H2,(H,24,25)/q-1. The predicted molar refractivity (Wildman–Crippen MR) is 93.9 cm³/mol. The van der Waals surface area contributed by atoms with Crippen molar-refractivity contribution < 1.29 is 22.7 Å². The highest BCUT2D eigenvalue weighted by Gasteiger charge is 2.30. The van der Waals surface area contributed by atoms with Crippen molar-refractivity contribution in [1.82, 2.24) is 5.32 Å². The normalized spacial score (nSPS) is 16.8. The van der Waals surface area contributed by atoms with Gasteiger partial charge in [0.05, 0.1) is 0 Å². The smallest absolute Gasteiger partial charge is 0.573 e. The number of hydrogen-bond donors (Lipinski definition) is 2. The van der Waals surface area contributed by atoms with Crippen LogP contribution in [0.2, 0.25) is 0 Å². The number of rotatable bonds is 8. The second-order valence-corrected chi connectivity index (χ2v) is 6.58. The van der Waals surface area contributed by atoms with Crippen LogP contribution in [-0.2, 0) is 4.79 Å². The summed E-state index contributed by atoms with van der Waals surface area (Å²) in [6.07, 6.45) is 1.76. The van der Waals surface area contributed by atoms with Gasteiger partial charge >= 0.3 is 6.36 Å². The number of amides is 1. The van der Waals surface area contributed by atoms with Crippen molar-refractivity contribution in [3.63, 3.8) is 0 Å². The molecule has 0 aliphatic heterocycles. The van der Waals surface area contributed by atoms with Gasteiger partial charge in [-0.05, 0) is 30.2 Å². The van der Waals surface area contributed by atoms with Crippen molar-refractivity contribution in [3.05, 3.63) is 30.0 Å². The molecule has 1 aliphatic carbocycles.